The van der Waals surface area contributed by atoms with Crippen LogP contribution in [0.1, 0.15) is 26.7 Å². The molecule has 0 heterocycles. The van der Waals surface area contributed by atoms with E-state index in [1.807, 2.05) is 0 Å². The molecule has 3 heteroatoms. The van der Waals surface area contributed by atoms with E-state index in [1.165, 1.54) is 0 Å². The first kappa shape index (κ1) is 10.7. The maximum Gasteiger partial charge on any atom is 0.163 e. The van der Waals surface area contributed by atoms with E-state index in [1.54, 1.807) is 14.2 Å². The molecule has 1 unspecified atom stereocenters. The Bertz CT molecular complexity index is 194. The lowest BCUT2D eigenvalue weighted by atomic mass is 10.1. The van der Waals surface area contributed by atoms with Crippen molar-refractivity contribution < 1.29 is 14.3 Å². The first-order valence-electron chi connectivity index (χ1n) is 4.59. The minimum Gasteiger partial charge on any atom is -0.355 e. The second-order valence-corrected chi connectivity index (χ2v) is 4.32. The monoisotopic (exact) mass is 186 g/mol. The van der Waals surface area contributed by atoms with Crippen LogP contribution in [0.25, 0.3) is 0 Å². The van der Waals surface area contributed by atoms with E-state index < -0.39 is 0 Å². The van der Waals surface area contributed by atoms with Crippen molar-refractivity contribution in [3.05, 3.63) is 0 Å². The fourth-order valence-electron chi connectivity index (χ4n) is 1.59. The Balaban J connectivity index is 2.34. The van der Waals surface area contributed by atoms with Gasteiger partial charge in [-0.05, 0) is 11.8 Å². The van der Waals surface area contributed by atoms with Crippen LogP contribution < -0.4 is 0 Å². The summed E-state index contributed by atoms with van der Waals surface area (Å²) in [5.41, 5.74) is 0.211. The zero-order valence-electron chi connectivity index (χ0n) is 8.79. The van der Waals surface area contributed by atoms with Crippen molar-refractivity contribution in [2.24, 2.45) is 11.3 Å². The number of carbonyl (C=O) groups excluding carboxylic acids is 1. The van der Waals surface area contributed by atoms with Gasteiger partial charge in [-0.3, -0.25) is 4.79 Å². The zero-order chi connectivity index (χ0) is 10.1. The second-order valence-electron chi connectivity index (χ2n) is 4.32. The molecule has 1 aliphatic carbocycles. The molecule has 1 aliphatic rings. The minimum atomic E-state index is -0.371. The molecule has 1 rings (SSSR count). The van der Waals surface area contributed by atoms with Crippen molar-refractivity contribution in [1.82, 2.24) is 0 Å². The van der Waals surface area contributed by atoms with E-state index in [0.717, 1.165) is 6.42 Å². The molecular weight excluding hydrogens is 168 g/mol. The Morgan fingerprint density at radius 3 is 2.23 bits per heavy atom. The van der Waals surface area contributed by atoms with E-state index in [0.29, 0.717) is 6.42 Å². The summed E-state index contributed by atoms with van der Waals surface area (Å²) in [6, 6.07) is 0. The average molecular weight is 186 g/mol. The van der Waals surface area contributed by atoms with Crippen molar-refractivity contribution in [3.8, 4) is 0 Å². The highest BCUT2D eigenvalue weighted by Crippen LogP contribution is 2.52. The summed E-state index contributed by atoms with van der Waals surface area (Å²) in [6.07, 6.45) is 1.01. The topological polar surface area (TPSA) is 35.5 Å². The fraction of sp³-hybridized carbons (Fsp3) is 0.900. The van der Waals surface area contributed by atoms with Crippen LogP contribution in [0.15, 0.2) is 0 Å². The summed E-state index contributed by atoms with van der Waals surface area (Å²) in [5, 5.41) is 0. The third-order valence-corrected chi connectivity index (χ3v) is 2.80. The summed E-state index contributed by atoms with van der Waals surface area (Å²) < 4.78 is 9.95. The third-order valence-electron chi connectivity index (χ3n) is 2.80. The first-order chi connectivity index (χ1) is 6.01. The van der Waals surface area contributed by atoms with Crippen LogP contribution in [-0.4, -0.2) is 26.3 Å². The summed E-state index contributed by atoms with van der Waals surface area (Å²) in [6.45, 7) is 4.23. The lowest BCUT2D eigenvalue weighted by Crippen LogP contribution is -2.20. The van der Waals surface area contributed by atoms with E-state index in [-0.39, 0.29) is 23.4 Å². The second kappa shape index (κ2) is 3.76. The fourth-order valence-corrected chi connectivity index (χ4v) is 1.59. The summed E-state index contributed by atoms with van der Waals surface area (Å²) in [7, 11) is 3.11. The number of rotatable bonds is 5. The SMILES string of the molecule is COC(CC(=O)C1CC1(C)C)OC. The van der Waals surface area contributed by atoms with Gasteiger partial charge >= 0.3 is 0 Å². The van der Waals surface area contributed by atoms with Gasteiger partial charge in [-0.15, -0.1) is 0 Å². The summed E-state index contributed by atoms with van der Waals surface area (Å²) in [5.74, 6) is 0.485. The first-order valence-corrected chi connectivity index (χ1v) is 4.59. The van der Waals surface area contributed by atoms with Gasteiger partial charge in [-0.25, -0.2) is 0 Å². The van der Waals surface area contributed by atoms with Crippen LogP contribution >= 0.6 is 0 Å². The number of Topliss-reactive ketones (excluding diaryl/α,β-unsaturated/α-hetero) is 1. The Morgan fingerprint density at radius 1 is 1.46 bits per heavy atom. The number of ketones is 1. The van der Waals surface area contributed by atoms with Crippen molar-refractivity contribution in [2.75, 3.05) is 14.2 Å². The third kappa shape index (κ3) is 2.51. The molecule has 1 atom stereocenters. The quantitative estimate of drug-likeness (QED) is 0.612. The van der Waals surface area contributed by atoms with E-state index in [4.69, 9.17) is 9.47 Å². The van der Waals surface area contributed by atoms with E-state index in [9.17, 15) is 4.79 Å². The standard InChI is InChI=1S/C10H18O3/c1-10(2)6-7(10)8(11)5-9(12-3)13-4/h7,9H,5-6H2,1-4H3. The van der Waals surface area contributed by atoms with Crippen LogP contribution in [0.4, 0.5) is 0 Å². The Morgan fingerprint density at radius 2 is 1.92 bits per heavy atom. The highest BCUT2D eigenvalue weighted by molar-refractivity contribution is 5.84. The molecule has 0 amide bonds. The Hall–Kier alpha value is -0.410. The number of methoxy groups -OCH3 is 2. The van der Waals surface area contributed by atoms with Gasteiger partial charge in [0.25, 0.3) is 0 Å². The molecule has 0 aliphatic heterocycles. The predicted octanol–water partition coefficient (Wildman–Crippen LogP) is 1.61. The average Bonchev–Trinajstić information content (AvgIpc) is 2.70. The molecule has 3 nitrogen and oxygen atoms in total. The van der Waals surface area contributed by atoms with Gasteiger partial charge in [-0.1, -0.05) is 13.8 Å². The van der Waals surface area contributed by atoms with Gasteiger partial charge in [0, 0.05) is 20.1 Å². The molecule has 76 valence electrons. The molecule has 0 N–H and O–H groups in total. The lowest BCUT2D eigenvalue weighted by molar-refractivity contribution is -0.139. The molecule has 0 aromatic heterocycles. The number of hydrogen-bond donors (Lipinski definition) is 0. The van der Waals surface area contributed by atoms with Crippen molar-refractivity contribution in [3.63, 3.8) is 0 Å². The van der Waals surface area contributed by atoms with Gasteiger partial charge in [0.1, 0.15) is 5.78 Å². The van der Waals surface area contributed by atoms with Gasteiger partial charge in [0.05, 0.1) is 6.42 Å². The van der Waals surface area contributed by atoms with Crippen LogP contribution in [0, 0.1) is 11.3 Å². The highest BCUT2D eigenvalue weighted by atomic mass is 16.7. The molecule has 13 heavy (non-hydrogen) atoms. The van der Waals surface area contributed by atoms with E-state index >= 15 is 0 Å². The number of carbonyl (C=O) groups is 1. The summed E-state index contributed by atoms with van der Waals surface area (Å²) in [4.78, 5) is 11.6. The molecule has 0 aromatic rings. The predicted molar refractivity (Wildman–Crippen MR) is 49.3 cm³/mol. The van der Waals surface area contributed by atoms with Gasteiger partial charge in [-0.2, -0.15) is 0 Å². The zero-order valence-corrected chi connectivity index (χ0v) is 8.79. The smallest absolute Gasteiger partial charge is 0.163 e. The molecule has 0 bridgehead atoms. The molecule has 0 aromatic carbocycles. The minimum absolute atomic E-state index is 0.211. The number of ether oxygens (including phenoxy) is 2. The molecular formula is C10H18O3. The molecule has 0 saturated heterocycles. The van der Waals surface area contributed by atoms with Gasteiger partial charge < -0.3 is 9.47 Å². The molecule has 0 spiro atoms. The van der Waals surface area contributed by atoms with Crippen molar-refractivity contribution in [2.45, 2.75) is 33.0 Å². The normalized spacial score (nSPS) is 24.8. The highest BCUT2D eigenvalue weighted by Gasteiger charge is 2.50. The lowest BCUT2D eigenvalue weighted by Gasteiger charge is -2.12. The van der Waals surface area contributed by atoms with Crippen LogP contribution in [0.3, 0.4) is 0 Å². The Kier molecular flexibility index (Phi) is 3.09. The molecule has 1 fully saturated rings. The van der Waals surface area contributed by atoms with E-state index in [2.05, 4.69) is 13.8 Å². The number of hydrogen-bond acceptors (Lipinski definition) is 3. The maximum atomic E-state index is 11.6. The van der Waals surface area contributed by atoms with Crippen LogP contribution in [0.2, 0.25) is 0 Å². The van der Waals surface area contributed by atoms with Gasteiger partial charge in [0.15, 0.2) is 6.29 Å². The summed E-state index contributed by atoms with van der Waals surface area (Å²) >= 11 is 0. The van der Waals surface area contributed by atoms with Crippen molar-refractivity contribution >= 4 is 5.78 Å². The Labute approximate surface area is 79.4 Å². The molecule has 0 radical (unpaired) electrons. The van der Waals surface area contributed by atoms with Crippen LogP contribution in [0.5, 0.6) is 0 Å². The van der Waals surface area contributed by atoms with Crippen LogP contribution in [-0.2, 0) is 14.3 Å². The van der Waals surface area contributed by atoms with Crippen molar-refractivity contribution in [1.29, 1.82) is 0 Å². The van der Waals surface area contributed by atoms with Gasteiger partial charge in [0.2, 0.25) is 0 Å². The molecule has 1 saturated carbocycles. The maximum absolute atomic E-state index is 11.6. The largest absolute Gasteiger partial charge is 0.355 e.